The SMILES string of the molecule is CCOc1cccc(N)c1C(=O)NCc1cccc(Cl)c1. The number of carbonyl (C=O) groups excluding carboxylic acids is 1. The van der Waals surface area contributed by atoms with E-state index in [1.54, 1.807) is 30.3 Å². The highest BCUT2D eigenvalue weighted by Gasteiger charge is 2.15. The minimum absolute atomic E-state index is 0.267. The van der Waals surface area contributed by atoms with E-state index in [1.165, 1.54) is 0 Å². The number of anilines is 1. The highest BCUT2D eigenvalue weighted by atomic mass is 35.5. The molecule has 0 bridgehead atoms. The van der Waals surface area contributed by atoms with Crippen molar-refractivity contribution >= 4 is 23.2 Å². The largest absolute Gasteiger partial charge is 0.493 e. The Morgan fingerprint density at radius 2 is 2.05 bits per heavy atom. The van der Waals surface area contributed by atoms with Gasteiger partial charge in [-0.2, -0.15) is 0 Å². The lowest BCUT2D eigenvalue weighted by atomic mass is 10.1. The van der Waals surface area contributed by atoms with Crippen LogP contribution in [0.5, 0.6) is 5.75 Å². The zero-order valence-corrected chi connectivity index (χ0v) is 12.5. The lowest BCUT2D eigenvalue weighted by Gasteiger charge is -2.12. The first-order valence-corrected chi connectivity index (χ1v) is 7.03. The number of carbonyl (C=O) groups is 1. The van der Waals surface area contributed by atoms with Crippen LogP contribution in [0.4, 0.5) is 5.69 Å². The Labute approximate surface area is 128 Å². The number of hydrogen-bond donors (Lipinski definition) is 2. The Morgan fingerprint density at radius 1 is 1.29 bits per heavy atom. The van der Waals surface area contributed by atoms with Crippen LogP contribution in [0.1, 0.15) is 22.8 Å². The summed E-state index contributed by atoms with van der Waals surface area (Å²) in [6.45, 7) is 2.70. The molecule has 0 radical (unpaired) electrons. The minimum atomic E-state index is -0.267. The summed E-state index contributed by atoms with van der Waals surface area (Å²) in [5.74, 6) is 0.220. The summed E-state index contributed by atoms with van der Waals surface area (Å²) in [7, 11) is 0. The molecule has 0 fully saturated rings. The van der Waals surface area contributed by atoms with Crippen LogP contribution in [0.3, 0.4) is 0 Å². The fourth-order valence-electron chi connectivity index (χ4n) is 1.98. The van der Waals surface area contributed by atoms with Gasteiger partial charge >= 0.3 is 0 Å². The molecule has 5 heteroatoms. The van der Waals surface area contributed by atoms with Gasteiger partial charge in [0.15, 0.2) is 0 Å². The van der Waals surface area contributed by atoms with Gasteiger partial charge in [0.25, 0.3) is 5.91 Å². The molecule has 0 saturated heterocycles. The molecule has 0 spiro atoms. The molecule has 0 unspecified atom stereocenters. The molecule has 110 valence electrons. The van der Waals surface area contributed by atoms with Gasteiger partial charge in [-0.05, 0) is 36.8 Å². The van der Waals surface area contributed by atoms with Crippen LogP contribution in [0.2, 0.25) is 5.02 Å². The first-order chi connectivity index (χ1) is 10.1. The summed E-state index contributed by atoms with van der Waals surface area (Å²) in [6, 6.07) is 12.5. The number of nitrogen functional groups attached to an aromatic ring is 1. The van der Waals surface area contributed by atoms with Crippen molar-refractivity contribution in [3.8, 4) is 5.75 Å². The maximum atomic E-state index is 12.3. The zero-order chi connectivity index (χ0) is 15.2. The number of hydrogen-bond acceptors (Lipinski definition) is 3. The predicted molar refractivity (Wildman–Crippen MR) is 84.6 cm³/mol. The predicted octanol–water partition coefficient (Wildman–Crippen LogP) is 3.25. The maximum absolute atomic E-state index is 12.3. The molecule has 0 saturated carbocycles. The molecule has 0 aromatic heterocycles. The molecule has 2 aromatic rings. The van der Waals surface area contributed by atoms with Crippen LogP contribution < -0.4 is 15.8 Å². The Kier molecular flexibility index (Phi) is 5.06. The molecule has 3 N–H and O–H groups in total. The van der Waals surface area contributed by atoms with Gasteiger partial charge in [0.2, 0.25) is 0 Å². The second kappa shape index (κ2) is 6.99. The van der Waals surface area contributed by atoms with E-state index in [0.29, 0.717) is 35.2 Å². The fourth-order valence-corrected chi connectivity index (χ4v) is 2.20. The topological polar surface area (TPSA) is 64.3 Å². The lowest BCUT2D eigenvalue weighted by Crippen LogP contribution is -2.24. The Bertz CT molecular complexity index is 644. The Balaban J connectivity index is 2.13. The molecule has 2 aromatic carbocycles. The molecule has 0 aliphatic heterocycles. The van der Waals surface area contributed by atoms with Crippen molar-refractivity contribution in [1.82, 2.24) is 5.32 Å². The number of amides is 1. The van der Waals surface area contributed by atoms with Gasteiger partial charge in [0.1, 0.15) is 11.3 Å². The van der Waals surface area contributed by atoms with Crippen LogP contribution in [0, 0.1) is 0 Å². The van der Waals surface area contributed by atoms with Gasteiger partial charge in [0, 0.05) is 17.3 Å². The third kappa shape index (κ3) is 3.89. The summed E-state index contributed by atoms with van der Waals surface area (Å²) in [4.78, 5) is 12.3. The second-order valence-corrected chi connectivity index (χ2v) is 4.90. The average molecular weight is 305 g/mol. The number of halogens is 1. The van der Waals surface area contributed by atoms with Gasteiger partial charge in [-0.25, -0.2) is 0 Å². The van der Waals surface area contributed by atoms with Gasteiger partial charge in [-0.15, -0.1) is 0 Å². The molecule has 2 rings (SSSR count). The third-order valence-corrected chi connectivity index (χ3v) is 3.16. The van der Waals surface area contributed by atoms with E-state index < -0.39 is 0 Å². The Hall–Kier alpha value is -2.20. The summed E-state index contributed by atoms with van der Waals surface area (Å²) >= 11 is 5.92. The molecule has 0 atom stereocenters. The van der Waals surface area contributed by atoms with Gasteiger partial charge in [-0.3, -0.25) is 4.79 Å². The molecule has 0 aliphatic carbocycles. The molecule has 0 aliphatic rings. The van der Waals surface area contributed by atoms with Gasteiger partial charge < -0.3 is 15.8 Å². The van der Waals surface area contributed by atoms with Crippen molar-refractivity contribution in [3.05, 3.63) is 58.6 Å². The summed E-state index contributed by atoms with van der Waals surface area (Å²) < 4.78 is 5.45. The standard InChI is InChI=1S/C16H17ClN2O2/c1-2-21-14-8-4-7-13(18)15(14)16(20)19-10-11-5-3-6-12(17)9-11/h3-9H,2,10,18H2,1H3,(H,19,20). The average Bonchev–Trinajstić information content (AvgIpc) is 2.45. The lowest BCUT2D eigenvalue weighted by molar-refractivity contribution is 0.0948. The number of nitrogens with one attached hydrogen (secondary N) is 1. The summed E-state index contributed by atoms with van der Waals surface area (Å²) in [6.07, 6.45) is 0. The van der Waals surface area contributed by atoms with Crippen LogP contribution in [-0.4, -0.2) is 12.5 Å². The van der Waals surface area contributed by atoms with Crippen molar-refractivity contribution in [2.45, 2.75) is 13.5 Å². The van der Waals surface area contributed by atoms with Crippen molar-refractivity contribution in [2.24, 2.45) is 0 Å². The minimum Gasteiger partial charge on any atom is -0.493 e. The highest BCUT2D eigenvalue weighted by molar-refractivity contribution is 6.30. The van der Waals surface area contributed by atoms with Crippen molar-refractivity contribution in [3.63, 3.8) is 0 Å². The molecule has 21 heavy (non-hydrogen) atoms. The van der Waals surface area contributed by atoms with Gasteiger partial charge in [0.05, 0.1) is 6.61 Å². The number of rotatable bonds is 5. The first kappa shape index (κ1) is 15.2. The van der Waals surface area contributed by atoms with E-state index in [9.17, 15) is 4.79 Å². The van der Waals surface area contributed by atoms with Gasteiger partial charge in [-0.1, -0.05) is 29.8 Å². The van der Waals surface area contributed by atoms with Crippen LogP contribution in [0.25, 0.3) is 0 Å². The quantitative estimate of drug-likeness (QED) is 0.833. The third-order valence-electron chi connectivity index (χ3n) is 2.93. The first-order valence-electron chi connectivity index (χ1n) is 6.65. The number of nitrogens with two attached hydrogens (primary N) is 1. The molecule has 1 amide bonds. The normalized spacial score (nSPS) is 10.2. The van der Waals surface area contributed by atoms with E-state index in [4.69, 9.17) is 22.1 Å². The monoisotopic (exact) mass is 304 g/mol. The van der Waals surface area contributed by atoms with Crippen molar-refractivity contribution in [1.29, 1.82) is 0 Å². The zero-order valence-electron chi connectivity index (χ0n) is 11.7. The van der Waals surface area contributed by atoms with Crippen LogP contribution in [0.15, 0.2) is 42.5 Å². The van der Waals surface area contributed by atoms with E-state index in [0.717, 1.165) is 5.56 Å². The molecule has 4 nitrogen and oxygen atoms in total. The number of ether oxygens (including phenoxy) is 1. The van der Waals surface area contributed by atoms with E-state index in [2.05, 4.69) is 5.32 Å². The van der Waals surface area contributed by atoms with Crippen LogP contribution >= 0.6 is 11.6 Å². The smallest absolute Gasteiger partial charge is 0.257 e. The summed E-state index contributed by atoms with van der Waals surface area (Å²) in [5.41, 5.74) is 7.56. The summed E-state index contributed by atoms with van der Waals surface area (Å²) in [5, 5.41) is 3.46. The van der Waals surface area contributed by atoms with E-state index >= 15 is 0 Å². The molecular formula is C16H17ClN2O2. The maximum Gasteiger partial charge on any atom is 0.257 e. The highest BCUT2D eigenvalue weighted by Crippen LogP contribution is 2.24. The second-order valence-electron chi connectivity index (χ2n) is 4.47. The van der Waals surface area contributed by atoms with E-state index in [1.807, 2.05) is 19.1 Å². The van der Waals surface area contributed by atoms with Crippen molar-refractivity contribution in [2.75, 3.05) is 12.3 Å². The van der Waals surface area contributed by atoms with Crippen molar-refractivity contribution < 1.29 is 9.53 Å². The molecule has 0 heterocycles. The molecular weight excluding hydrogens is 288 g/mol. The number of benzene rings is 2. The Morgan fingerprint density at radius 3 is 2.76 bits per heavy atom. The van der Waals surface area contributed by atoms with E-state index in [-0.39, 0.29) is 5.91 Å². The van der Waals surface area contributed by atoms with Crippen LogP contribution in [-0.2, 0) is 6.54 Å². The fraction of sp³-hybridized carbons (Fsp3) is 0.188.